The van der Waals surface area contributed by atoms with Crippen LogP contribution >= 0.6 is 0 Å². The highest BCUT2D eigenvalue weighted by molar-refractivity contribution is 5.41. The molecular weight excluding hydrogens is 228 g/mol. The Morgan fingerprint density at radius 3 is 2.67 bits per heavy atom. The van der Waals surface area contributed by atoms with Crippen LogP contribution in [0.2, 0.25) is 0 Å². The van der Waals surface area contributed by atoms with Gasteiger partial charge in [0, 0.05) is 25.7 Å². The van der Waals surface area contributed by atoms with Crippen LogP contribution < -0.4 is 15.4 Å². The molecule has 2 N–H and O–H groups in total. The van der Waals surface area contributed by atoms with Crippen molar-refractivity contribution in [2.75, 3.05) is 31.1 Å². The number of anilines is 1. The summed E-state index contributed by atoms with van der Waals surface area (Å²) in [5.41, 5.74) is 5.66. The smallest absolute Gasteiger partial charge is 0.218 e. The topological polar surface area (TPSA) is 64.3 Å². The van der Waals surface area contributed by atoms with Gasteiger partial charge in [-0.1, -0.05) is 13.3 Å². The summed E-state index contributed by atoms with van der Waals surface area (Å²) in [5, 5.41) is 0. The first-order valence-corrected chi connectivity index (χ1v) is 6.64. The van der Waals surface area contributed by atoms with Crippen molar-refractivity contribution in [1.29, 1.82) is 0 Å². The maximum atomic E-state index is 5.66. The normalized spacial score (nSPS) is 10.4. The second-order valence-corrected chi connectivity index (χ2v) is 4.17. The SMILES string of the molecule is CCCCN(CCN)c1cc(OCC)nc(C)n1. The van der Waals surface area contributed by atoms with Crippen LogP contribution in [0, 0.1) is 6.92 Å². The molecule has 0 radical (unpaired) electrons. The van der Waals surface area contributed by atoms with Gasteiger partial charge in [-0.15, -0.1) is 0 Å². The van der Waals surface area contributed by atoms with Crippen LogP contribution in [0.1, 0.15) is 32.5 Å². The summed E-state index contributed by atoms with van der Waals surface area (Å²) in [6.45, 7) is 9.02. The quantitative estimate of drug-likeness (QED) is 0.763. The minimum Gasteiger partial charge on any atom is -0.478 e. The molecule has 0 atom stereocenters. The molecule has 1 aromatic heterocycles. The number of aryl methyl sites for hydroxylation is 1. The molecule has 0 aliphatic heterocycles. The van der Waals surface area contributed by atoms with Gasteiger partial charge in [0.25, 0.3) is 0 Å². The number of hydrogen-bond acceptors (Lipinski definition) is 5. The van der Waals surface area contributed by atoms with Gasteiger partial charge < -0.3 is 15.4 Å². The lowest BCUT2D eigenvalue weighted by Crippen LogP contribution is -2.31. The molecule has 0 bridgehead atoms. The zero-order valence-corrected chi connectivity index (χ0v) is 11.6. The average molecular weight is 252 g/mol. The van der Waals surface area contributed by atoms with Gasteiger partial charge in [-0.25, -0.2) is 4.98 Å². The Balaban J connectivity index is 2.87. The van der Waals surface area contributed by atoms with Crippen LogP contribution in [0.5, 0.6) is 5.88 Å². The molecule has 0 aromatic carbocycles. The molecule has 0 fully saturated rings. The molecule has 1 heterocycles. The predicted molar refractivity (Wildman–Crippen MR) is 74.1 cm³/mol. The number of nitrogens with two attached hydrogens (primary N) is 1. The third-order valence-corrected chi connectivity index (χ3v) is 2.60. The van der Waals surface area contributed by atoms with E-state index in [9.17, 15) is 0 Å². The van der Waals surface area contributed by atoms with Crippen LogP contribution in [0.25, 0.3) is 0 Å². The minimum absolute atomic E-state index is 0.613. The predicted octanol–water partition coefficient (Wildman–Crippen LogP) is 1.75. The lowest BCUT2D eigenvalue weighted by atomic mass is 10.3. The number of unbranched alkanes of at least 4 members (excludes halogenated alkanes) is 1. The first-order valence-electron chi connectivity index (χ1n) is 6.64. The van der Waals surface area contributed by atoms with Gasteiger partial charge in [0.2, 0.25) is 5.88 Å². The van der Waals surface area contributed by atoms with E-state index < -0.39 is 0 Å². The maximum absolute atomic E-state index is 5.66. The van der Waals surface area contributed by atoms with E-state index in [0.717, 1.165) is 37.6 Å². The van der Waals surface area contributed by atoms with Crippen LogP contribution in [-0.2, 0) is 0 Å². The van der Waals surface area contributed by atoms with Crippen molar-refractivity contribution in [3.05, 3.63) is 11.9 Å². The Morgan fingerprint density at radius 2 is 2.06 bits per heavy atom. The summed E-state index contributed by atoms with van der Waals surface area (Å²) >= 11 is 0. The standard InChI is InChI=1S/C13H24N4O/c1-4-6-8-17(9-7-14)12-10-13(18-5-2)16-11(3)15-12/h10H,4-9,14H2,1-3H3. The third kappa shape index (κ3) is 4.49. The summed E-state index contributed by atoms with van der Waals surface area (Å²) in [5.74, 6) is 2.28. The Kier molecular flexibility index (Phi) is 6.43. The molecule has 0 unspecified atom stereocenters. The van der Waals surface area contributed by atoms with Gasteiger partial charge in [0.1, 0.15) is 11.6 Å². The van der Waals surface area contributed by atoms with E-state index in [1.54, 1.807) is 0 Å². The summed E-state index contributed by atoms with van der Waals surface area (Å²) in [4.78, 5) is 10.9. The monoisotopic (exact) mass is 252 g/mol. The summed E-state index contributed by atoms with van der Waals surface area (Å²) in [6.07, 6.45) is 2.29. The Hall–Kier alpha value is -1.36. The molecular formula is C13H24N4O. The lowest BCUT2D eigenvalue weighted by Gasteiger charge is -2.23. The minimum atomic E-state index is 0.613. The van der Waals surface area contributed by atoms with E-state index in [1.165, 1.54) is 0 Å². The van der Waals surface area contributed by atoms with E-state index in [0.29, 0.717) is 19.0 Å². The molecule has 0 aliphatic carbocycles. The first-order chi connectivity index (χ1) is 8.71. The third-order valence-electron chi connectivity index (χ3n) is 2.60. The number of hydrogen-bond donors (Lipinski definition) is 1. The van der Waals surface area contributed by atoms with Crippen molar-refractivity contribution in [3.8, 4) is 5.88 Å². The number of ether oxygens (including phenoxy) is 1. The lowest BCUT2D eigenvalue weighted by molar-refractivity contribution is 0.325. The molecule has 0 saturated carbocycles. The largest absolute Gasteiger partial charge is 0.478 e. The van der Waals surface area contributed by atoms with E-state index in [2.05, 4.69) is 21.8 Å². The maximum Gasteiger partial charge on any atom is 0.218 e. The van der Waals surface area contributed by atoms with Gasteiger partial charge in [0.05, 0.1) is 6.61 Å². The average Bonchev–Trinajstić information content (AvgIpc) is 2.34. The van der Waals surface area contributed by atoms with Gasteiger partial charge >= 0.3 is 0 Å². The molecule has 102 valence electrons. The van der Waals surface area contributed by atoms with Crippen LogP contribution in [0.3, 0.4) is 0 Å². The number of aromatic nitrogens is 2. The second-order valence-electron chi connectivity index (χ2n) is 4.17. The molecule has 1 aromatic rings. The van der Waals surface area contributed by atoms with Crippen LogP contribution in [0.4, 0.5) is 5.82 Å². The fourth-order valence-electron chi connectivity index (χ4n) is 1.75. The van der Waals surface area contributed by atoms with Crippen molar-refractivity contribution in [3.63, 3.8) is 0 Å². The zero-order valence-electron chi connectivity index (χ0n) is 11.6. The summed E-state index contributed by atoms with van der Waals surface area (Å²) in [6, 6.07) is 1.89. The van der Waals surface area contributed by atoms with Crippen molar-refractivity contribution in [2.24, 2.45) is 5.73 Å². The Labute approximate surface area is 109 Å². The fourth-order valence-corrected chi connectivity index (χ4v) is 1.75. The molecule has 0 amide bonds. The van der Waals surface area contributed by atoms with Gasteiger partial charge in [0.15, 0.2) is 0 Å². The highest BCUT2D eigenvalue weighted by atomic mass is 16.5. The number of rotatable bonds is 8. The highest BCUT2D eigenvalue weighted by Gasteiger charge is 2.10. The molecule has 5 heteroatoms. The Bertz CT molecular complexity index is 357. The Morgan fingerprint density at radius 1 is 1.28 bits per heavy atom. The fraction of sp³-hybridized carbons (Fsp3) is 0.692. The van der Waals surface area contributed by atoms with E-state index in [1.807, 2.05) is 19.9 Å². The van der Waals surface area contributed by atoms with Crippen LogP contribution in [0.15, 0.2) is 6.07 Å². The van der Waals surface area contributed by atoms with Crippen molar-refractivity contribution in [1.82, 2.24) is 9.97 Å². The second kappa shape index (κ2) is 7.87. The molecule has 0 spiro atoms. The molecule has 5 nitrogen and oxygen atoms in total. The van der Waals surface area contributed by atoms with E-state index in [4.69, 9.17) is 10.5 Å². The van der Waals surface area contributed by atoms with Crippen molar-refractivity contribution < 1.29 is 4.74 Å². The number of nitrogens with zero attached hydrogens (tertiary/aromatic N) is 3. The first kappa shape index (κ1) is 14.7. The van der Waals surface area contributed by atoms with Gasteiger partial charge in [-0.05, 0) is 20.3 Å². The molecule has 0 aliphatic rings. The molecule has 1 rings (SSSR count). The molecule has 18 heavy (non-hydrogen) atoms. The summed E-state index contributed by atoms with van der Waals surface area (Å²) < 4.78 is 5.45. The van der Waals surface area contributed by atoms with Gasteiger partial charge in [-0.3, -0.25) is 0 Å². The van der Waals surface area contributed by atoms with Gasteiger partial charge in [-0.2, -0.15) is 4.98 Å². The van der Waals surface area contributed by atoms with Crippen LogP contribution in [-0.4, -0.2) is 36.2 Å². The zero-order chi connectivity index (χ0) is 13.4. The highest BCUT2D eigenvalue weighted by Crippen LogP contribution is 2.17. The molecule has 0 saturated heterocycles. The van der Waals surface area contributed by atoms with E-state index in [-0.39, 0.29) is 0 Å². The van der Waals surface area contributed by atoms with Crippen molar-refractivity contribution >= 4 is 5.82 Å². The summed E-state index contributed by atoms with van der Waals surface area (Å²) in [7, 11) is 0. The van der Waals surface area contributed by atoms with Crippen molar-refractivity contribution in [2.45, 2.75) is 33.6 Å². The van der Waals surface area contributed by atoms with E-state index >= 15 is 0 Å².